The summed E-state index contributed by atoms with van der Waals surface area (Å²) in [6, 6.07) is 12.2. The fraction of sp³-hybridized carbons (Fsp3) is 0.333. The predicted molar refractivity (Wildman–Crippen MR) is 87.5 cm³/mol. The van der Waals surface area contributed by atoms with Crippen molar-refractivity contribution in [2.45, 2.75) is 11.8 Å². The largest absolute Gasteiger partial charge is 0.493 e. The zero-order valence-corrected chi connectivity index (χ0v) is 13.4. The number of para-hydroxylation sites is 1. The molecule has 2 atom stereocenters. The van der Waals surface area contributed by atoms with Crippen molar-refractivity contribution in [2.24, 2.45) is 0 Å². The van der Waals surface area contributed by atoms with Crippen LogP contribution in [0.3, 0.4) is 0 Å². The van der Waals surface area contributed by atoms with Crippen molar-refractivity contribution < 1.29 is 9.47 Å². The minimum atomic E-state index is 0.372. The molecule has 1 fully saturated rings. The molecule has 2 aromatic carbocycles. The van der Waals surface area contributed by atoms with Crippen LogP contribution in [0.15, 0.2) is 36.4 Å². The summed E-state index contributed by atoms with van der Waals surface area (Å²) in [7, 11) is 3.82. The lowest BCUT2D eigenvalue weighted by atomic mass is 9.84. The Morgan fingerprint density at radius 1 is 1.14 bits per heavy atom. The second-order valence-electron chi connectivity index (χ2n) is 6.10. The third-order valence-corrected chi connectivity index (χ3v) is 4.92. The average molecular weight is 316 g/mol. The standard InChI is InChI=1S/C18H18ClNO2/c1-20-9-14-12-5-3-4-6-16(12)22-18-13(15(14)10-20)7-11(19)8-17(18)21-2/h3-8,14-15H,9-10H2,1-2H3/t14-,15?/m1/s1. The van der Waals surface area contributed by atoms with Crippen LogP contribution >= 0.6 is 11.6 Å². The van der Waals surface area contributed by atoms with Gasteiger partial charge in [-0.25, -0.2) is 0 Å². The van der Waals surface area contributed by atoms with E-state index in [1.165, 1.54) is 5.56 Å². The summed E-state index contributed by atoms with van der Waals surface area (Å²) in [5, 5.41) is 0.693. The highest BCUT2D eigenvalue weighted by molar-refractivity contribution is 6.30. The van der Waals surface area contributed by atoms with Gasteiger partial charge in [-0.2, -0.15) is 0 Å². The van der Waals surface area contributed by atoms with E-state index in [1.54, 1.807) is 7.11 Å². The number of nitrogens with zero attached hydrogens (tertiary/aromatic N) is 1. The highest BCUT2D eigenvalue weighted by Crippen LogP contribution is 2.52. The number of hydrogen-bond acceptors (Lipinski definition) is 3. The lowest BCUT2D eigenvalue weighted by Crippen LogP contribution is -2.14. The smallest absolute Gasteiger partial charge is 0.172 e. The average Bonchev–Trinajstić information content (AvgIpc) is 2.85. The molecule has 2 aliphatic heterocycles. The summed E-state index contributed by atoms with van der Waals surface area (Å²) < 4.78 is 11.8. The molecule has 114 valence electrons. The SMILES string of the molecule is COc1cc(Cl)cc2c1Oc1ccccc1[C@H]1CN(C)CC21. The molecule has 0 bridgehead atoms. The van der Waals surface area contributed by atoms with Crippen LogP contribution in [0.4, 0.5) is 0 Å². The van der Waals surface area contributed by atoms with Crippen molar-refractivity contribution in [1.82, 2.24) is 4.90 Å². The number of rotatable bonds is 1. The fourth-order valence-corrected chi connectivity index (χ4v) is 3.96. The van der Waals surface area contributed by atoms with Crippen LogP contribution in [0, 0.1) is 0 Å². The van der Waals surface area contributed by atoms with Crippen LogP contribution in [0.5, 0.6) is 17.2 Å². The molecule has 3 nitrogen and oxygen atoms in total. The van der Waals surface area contributed by atoms with Gasteiger partial charge in [0.15, 0.2) is 11.5 Å². The number of halogens is 1. The van der Waals surface area contributed by atoms with E-state index < -0.39 is 0 Å². The zero-order chi connectivity index (χ0) is 15.3. The molecule has 0 saturated carbocycles. The van der Waals surface area contributed by atoms with Gasteiger partial charge >= 0.3 is 0 Å². The van der Waals surface area contributed by atoms with E-state index in [0.717, 1.165) is 30.2 Å². The number of likely N-dealkylation sites (N-methyl/N-ethyl adjacent to an activating group) is 1. The van der Waals surface area contributed by atoms with E-state index in [-0.39, 0.29) is 0 Å². The minimum Gasteiger partial charge on any atom is -0.493 e. The second-order valence-corrected chi connectivity index (χ2v) is 6.54. The van der Waals surface area contributed by atoms with E-state index >= 15 is 0 Å². The van der Waals surface area contributed by atoms with Crippen LogP contribution in [0.1, 0.15) is 23.0 Å². The molecule has 2 aromatic rings. The van der Waals surface area contributed by atoms with Crippen molar-refractivity contribution in [1.29, 1.82) is 0 Å². The van der Waals surface area contributed by atoms with Gasteiger partial charge in [0.25, 0.3) is 0 Å². The van der Waals surface area contributed by atoms with Gasteiger partial charge in [0.05, 0.1) is 7.11 Å². The molecular formula is C18H18ClNO2. The van der Waals surface area contributed by atoms with E-state index in [1.807, 2.05) is 24.3 Å². The van der Waals surface area contributed by atoms with E-state index in [2.05, 4.69) is 24.1 Å². The van der Waals surface area contributed by atoms with Crippen molar-refractivity contribution in [3.05, 3.63) is 52.5 Å². The van der Waals surface area contributed by atoms with Gasteiger partial charge in [-0.3, -0.25) is 0 Å². The van der Waals surface area contributed by atoms with Gasteiger partial charge in [-0.1, -0.05) is 29.8 Å². The number of likely N-dealkylation sites (tertiary alicyclic amines) is 1. The van der Waals surface area contributed by atoms with Crippen molar-refractivity contribution in [3.63, 3.8) is 0 Å². The summed E-state index contributed by atoms with van der Waals surface area (Å²) >= 11 is 6.30. The Morgan fingerprint density at radius 2 is 1.86 bits per heavy atom. The number of methoxy groups -OCH3 is 1. The molecule has 4 rings (SSSR count). The number of fused-ring (bicyclic) bond motifs is 5. The first kappa shape index (κ1) is 13.9. The number of hydrogen-bond donors (Lipinski definition) is 0. The molecule has 0 aliphatic carbocycles. The number of benzene rings is 2. The maximum absolute atomic E-state index is 6.30. The summed E-state index contributed by atoms with van der Waals surface area (Å²) in [4.78, 5) is 2.37. The van der Waals surface area contributed by atoms with Crippen molar-refractivity contribution in [2.75, 3.05) is 27.2 Å². The van der Waals surface area contributed by atoms with Crippen LogP contribution in [-0.4, -0.2) is 32.1 Å². The van der Waals surface area contributed by atoms with E-state index in [9.17, 15) is 0 Å². The zero-order valence-electron chi connectivity index (χ0n) is 12.7. The van der Waals surface area contributed by atoms with Crippen LogP contribution < -0.4 is 9.47 Å². The van der Waals surface area contributed by atoms with Gasteiger partial charge < -0.3 is 14.4 Å². The molecule has 0 amide bonds. The van der Waals surface area contributed by atoms with Crippen LogP contribution in [0.25, 0.3) is 0 Å². The molecule has 1 unspecified atom stereocenters. The normalized spacial score (nSPS) is 23.0. The van der Waals surface area contributed by atoms with Gasteiger partial charge in [0, 0.05) is 41.6 Å². The molecule has 2 heterocycles. The maximum Gasteiger partial charge on any atom is 0.172 e. The fourth-order valence-electron chi connectivity index (χ4n) is 3.75. The molecule has 22 heavy (non-hydrogen) atoms. The summed E-state index contributed by atoms with van der Waals surface area (Å²) in [6.45, 7) is 2.03. The summed E-state index contributed by atoms with van der Waals surface area (Å²) in [5.74, 6) is 3.23. The van der Waals surface area contributed by atoms with Crippen molar-refractivity contribution >= 4 is 11.6 Å². The summed E-state index contributed by atoms with van der Waals surface area (Å²) in [5.41, 5.74) is 2.42. The van der Waals surface area contributed by atoms with Gasteiger partial charge in [0.2, 0.25) is 0 Å². The first-order chi connectivity index (χ1) is 10.7. The molecule has 0 aromatic heterocycles. The Labute approximate surface area is 135 Å². The predicted octanol–water partition coefficient (Wildman–Crippen LogP) is 4.27. The first-order valence-corrected chi connectivity index (χ1v) is 7.88. The third-order valence-electron chi connectivity index (χ3n) is 4.70. The Bertz CT molecular complexity index is 731. The van der Waals surface area contributed by atoms with Crippen LogP contribution in [-0.2, 0) is 0 Å². The van der Waals surface area contributed by atoms with E-state index in [4.69, 9.17) is 21.1 Å². The number of ether oxygens (including phenoxy) is 2. The molecule has 0 radical (unpaired) electrons. The molecule has 0 spiro atoms. The first-order valence-electron chi connectivity index (χ1n) is 7.50. The molecule has 0 N–H and O–H groups in total. The van der Waals surface area contributed by atoms with Gasteiger partial charge in [-0.15, -0.1) is 0 Å². The lowest BCUT2D eigenvalue weighted by molar-refractivity contribution is 0.372. The molecule has 1 saturated heterocycles. The highest BCUT2D eigenvalue weighted by Gasteiger charge is 2.39. The van der Waals surface area contributed by atoms with Gasteiger partial charge in [0.1, 0.15) is 5.75 Å². The topological polar surface area (TPSA) is 21.7 Å². The lowest BCUT2D eigenvalue weighted by Gasteiger charge is -2.18. The minimum absolute atomic E-state index is 0.372. The summed E-state index contributed by atoms with van der Waals surface area (Å²) in [6.07, 6.45) is 0. The second kappa shape index (κ2) is 5.18. The maximum atomic E-state index is 6.30. The quantitative estimate of drug-likeness (QED) is 0.784. The van der Waals surface area contributed by atoms with Crippen molar-refractivity contribution in [3.8, 4) is 17.2 Å². The third kappa shape index (κ3) is 2.08. The monoisotopic (exact) mass is 315 g/mol. The Morgan fingerprint density at radius 3 is 2.64 bits per heavy atom. The Hall–Kier alpha value is -1.71. The van der Waals surface area contributed by atoms with E-state index in [0.29, 0.717) is 22.6 Å². The molecule has 4 heteroatoms. The molecular weight excluding hydrogens is 298 g/mol. The Kier molecular flexibility index (Phi) is 3.28. The van der Waals surface area contributed by atoms with Gasteiger partial charge in [-0.05, 0) is 24.7 Å². The highest BCUT2D eigenvalue weighted by atomic mass is 35.5. The van der Waals surface area contributed by atoms with Crippen LogP contribution in [0.2, 0.25) is 5.02 Å². The molecule has 2 aliphatic rings. The Balaban J connectivity index is 1.97.